The van der Waals surface area contributed by atoms with Crippen molar-refractivity contribution in [3.05, 3.63) is 39.2 Å². The lowest BCUT2D eigenvalue weighted by Crippen LogP contribution is -2.57. The van der Waals surface area contributed by atoms with Gasteiger partial charge in [0.2, 0.25) is 11.2 Å². The smallest absolute Gasteiger partial charge is 0.351 e. The molecule has 0 radical (unpaired) electrons. The SMILES string of the molecule is Cc1c(C)c2ccc3c(c2[nH]c1=O)[C@@H](OC(=O)[C@@]12CC[C@@](C)(C(=O)O1)C2(C)C)[C@@H](OC(=O)[C@@]12CC[C@@](C)(C(=O)O1)C2(C)C)C(C)(C)O3. The number of ether oxygens (including phenoxy) is 5. The van der Waals surface area contributed by atoms with Crippen molar-refractivity contribution in [3.63, 3.8) is 0 Å². The van der Waals surface area contributed by atoms with E-state index >= 15 is 0 Å². The first kappa shape index (κ1) is 31.7. The highest BCUT2D eigenvalue weighted by Crippen LogP contribution is 2.67. The quantitative estimate of drug-likeness (QED) is 0.352. The third-order valence-electron chi connectivity index (χ3n) is 13.7. The second-order valence-electron chi connectivity index (χ2n) is 16.3. The Kier molecular flexibility index (Phi) is 6.04. The van der Waals surface area contributed by atoms with Gasteiger partial charge in [0.15, 0.2) is 12.2 Å². The highest BCUT2D eigenvalue weighted by atomic mass is 16.7. The van der Waals surface area contributed by atoms with E-state index in [1.54, 1.807) is 40.7 Å². The molecule has 6 atom stereocenters. The molecule has 2 saturated heterocycles. The molecule has 7 rings (SSSR count). The summed E-state index contributed by atoms with van der Waals surface area (Å²) in [6, 6.07) is 3.58. The Bertz CT molecular complexity index is 1890. The maximum absolute atomic E-state index is 14.5. The average molecular weight is 650 g/mol. The largest absolute Gasteiger partial charge is 0.483 e. The topological polar surface area (TPSA) is 147 Å². The van der Waals surface area contributed by atoms with Crippen molar-refractivity contribution in [1.82, 2.24) is 4.98 Å². The van der Waals surface area contributed by atoms with Crippen molar-refractivity contribution in [3.8, 4) is 5.75 Å². The lowest BCUT2D eigenvalue weighted by Gasteiger charge is -2.46. The van der Waals surface area contributed by atoms with E-state index in [-0.39, 0.29) is 18.4 Å². The molecular formula is C36H43NO10. The molecule has 2 saturated carbocycles. The zero-order chi connectivity index (χ0) is 34.5. The maximum atomic E-state index is 14.5. The number of carbonyl (C=O) groups is 4. The van der Waals surface area contributed by atoms with Crippen LogP contribution in [0, 0.1) is 35.5 Å². The monoisotopic (exact) mass is 649 g/mol. The minimum atomic E-state index is -1.57. The van der Waals surface area contributed by atoms with Gasteiger partial charge in [-0.05, 0) is 84.9 Å². The Morgan fingerprint density at radius 3 is 1.70 bits per heavy atom. The van der Waals surface area contributed by atoms with Crippen LogP contribution in [0.5, 0.6) is 5.75 Å². The first-order chi connectivity index (χ1) is 21.6. The van der Waals surface area contributed by atoms with Crippen LogP contribution in [0.15, 0.2) is 16.9 Å². The highest BCUT2D eigenvalue weighted by molar-refractivity contribution is 5.95. The first-order valence-electron chi connectivity index (χ1n) is 16.4. The number of rotatable bonds is 4. The van der Waals surface area contributed by atoms with Crippen LogP contribution in [-0.4, -0.2) is 51.8 Å². The van der Waals surface area contributed by atoms with Gasteiger partial charge < -0.3 is 28.7 Å². The van der Waals surface area contributed by atoms with E-state index in [4.69, 9.17) is 23.7 Å². The number of benzene rings is 1. The number of aromatic amines is 1. The molecule has 0 amide bonds. The summed E-state index contributed by atoms with van der Waals surface area (Å²) in [6.07, 6.45) is -1.13. The zero-order valence-electron chi connectivity index (χ0n) is 28.7. The molecule has 252 valence electrons. The minimum Gasteiger partial charge on any atom is -0.483 e. The molecule has 3 aliphatic heterocycles. The van der Waals surface area contributed by atoms with Gasteiger partial charge in [0.25, 0.3) is 5.56 Å². The van der Waals surface area contributed by atoms with Gasteiger partial charge >= 0.3 is 23.9 Å². The fourth-order valence-electron chi connectivity index (χ4n) is 9.01. The van der Waals surface area contributed by atoms with E-state index in [2.05, 4.69) is 4.98 Å². The molecule has 11 heteroatoms. The van der Waals surface area contributed by atoms with Gasteiger partial charge in [-0.1, -0.05) is 27.7 Å². The van der Waals surface area contributed by atoms with Gasteiger partial charge in [0.1, 0.15) is 11.4 Å². The van der Waals surface area contributed by atoms with E-state index in [0.717, 1.165) is 5.56 Å². The van der Waals surface area contributed by atoms with Crippen LogP contribution in [0.2, 0.25) is 0 Å². The molecular weight excluding hydrogens is 606 g/mol. The Labute approximate surface area is 273 Å². The van der Waals surface area contributed by atoms with Crippen LogP contribution < -0.4 is 10.3 Å². The van der Waals surface area contributed by atoms with Crippen molar-refractivity contribution in [2.75, 3.05) is 0 Å². The third kappa shape index (κ3) is 3.45. The van der Waals surface area contributed by atoms with Crippen LogP contribution in [0.4, 0.5) is 0 Å². The Morgan fingerprint density at radius 1 is 0.723 bits per heavy atom. The number of aromatic nitrogens is 1. The van der Waals surface area contributed by atoms with Crippen LogP contribution in [-0.2, 0) is 38.1 Å². The molecule has 4 heterocycles. The predicted molar refractivity (Wildman–Crippen MR) is 167 cm³/mol. The zero-order valence-corrected chi connectivity index (χ0v) is 28.7. The maximum Gasteiger partial charge on any atom is 0.351 e. The number of pyridine rings is 1. The summed E-state index contributed by atoms with van der Waals surface area (Å²) in [5.74, 6) is -2.11. The van der Waals surface area contributed by atoms with E-state index in [0.29, 0.717) is 40.6 Å². The van der Waals surface area contributed by atoms with E-state index < -0.39 is 74.5 Å². The first-order valence-corrected chi connectivity index (χ1v) is 16.4. The van der Waals surface area contributed by atoms with E-state index in [9.17, 15) is 24.0 Å². The summed E-state index contributed by atoms with van der Waals surface area (Å²) < 4.78 is 31.0. The fraction of sp³-hybridized carbons (Fsp3) is 0.639. The lowest BCUT2D eigenvalue weighted by atomic mass is 9.66. The lowest BCUT2D eigenvalue weighted by molar-refractivity contribution is -0.217. The number of nitrogens with one attached hydrogen (secondary N) is 1. The van der Waals surface area contributed by atoms with E-state index in [1.807, 2.05) is 40.7 Å². The van der Waals surface area contributed by atoms with Gasteiger partial charge in [-0.25, -0.2) is 9.59 Å². The number of aryl methyl sites for hydroxylation is 1. The van der Waals surface area contributed by atoms with Crippen molar-refractivity contribution in [2.24, 2.45) is 21.7 Å². The van der Waals surface area contributed by atoms with E-state index in [1.165, 1.54) is 0 Å². The van der Waals surface area contributed by atoms with Crippen molar-refractivity contribution in [1.29, 1.82) is 0 Å². The summed E-state index contributed by atoms with van der Waals surface area (Å²) in [4.78, 5) is 71.1. The highest BCUT2D eigenvalue weighted by Gasteiger charge is 2.78. The molecule has 11 nitrogen and oxygen atoms in total. The molecule has 4 bridgehead atoms. The Morgan fingerprint density at radius 2 is 1.23 bits per heavy atom. The average Bonchev–Trinajstić information content (AvgIpc) is 3.45. The molecule has 2 aromatic rings. The van der Waals surface area contributed by atoms with Crippen molar-refractivity contribution < 1.29 is 42.9 Å². The Balaban J connectivity index is 1.38. The standard InChI is InChI=1S/C36H43NO10/c1-17-18(2)25(38)37-22-19(17)11-12-20-21(22)23(43-28(41)35-15-13-33(9,26(39)46-35)31(35,5)6)24(30(3,4)45-20)44-29(42)36-16-14-34(10,27(40)47-36)32(36,7)8/h11-12,23-24H,13-16H2,1-10H3,(H,37,38)/t23-,24-,33+,34+,35-,36-/m1/s1. The number of esters is 4. The molecule has 0 spiro atoms. The predicted octanol–water partition coefficient (Wildman–Crippen LogP) is 5.06. The van der Waals surface area contributed by atoms with Crippen LogP contribution in [0.25, 0.3) is 10.9 Å². The molecule has 1 aromatic carbocycles. The summed E-state index contributed by atoms with van der Waals surface area (Å²) >= 11 is 0. The normalized spacial score (nSPS) is 36.8. The van der Waals surface area contributed by atoms with Crippen LogP contribution in [0.1, 0.15) is 104 Å². The number of fused-ring (bicyclic) bond motifs is 7. The second-order valence-corrected chi connectivity index (χ2v) is 16.3. The van der Waals surface area contributed by atoms with Crippen molar-refractivity contribution in [2.45, 2.75) is 124 Å². The van der Waals surface area contributed by atoms with Crippen molar-refractivity contribution >= 4 is 34.8 Å². The molecule has 2 aliphatic carbocycles. The fourth-order valence-corrected chi connectivity index (χ4v) is 9.01. The van der Waals surface area contributed by atoms with Crippen LogP contribution in [0.3, 0.4) is 0 Å². The summed E-state index contributed by atoms with van der Waals surface area (Å²) in [7, 11) is 0. The molecule has 1 N–H and O–H groups in total. The van der Waals surface area contributed by atoms with Gasteiger partial charge in [-0.15, -0.1) is 0 Å². The van der Waals surface area contributed by atoms with Crippen LogP contribution >= 0.6 is 0 Å². The number of H-pyrrole nitrogens is 1. The summed E-state index contributed by atoms with van der Waals surface area (Å²) in [5.41, 5.74) is -6.32. The Hall–Kier alpha value is -3.89. The number of hydrogen-bond donors (Lipinski definition) is 1. The van der Waals surface area contributed by atoms with Gasteiger partial charge in [-0.3, -0.25) is 14.4 Å². The summed E-state index contributed by atoms with van der Waals surface area (Å²) in [6.45, 7) is 17.9. The second kappa shape index (κ2) is 8.96. The summed E-state index contributed by atoms with van der Waals surface area (Å²) in [5, 5.41) is 0.700. The molecule has 4 fully saturated rings. The van der Waals surface area contributed by atoms with Gasteiger partial charge in [0.05, 0.1) is 21.9 Å². The third-order valence-corrected chi connectivity index (χ3v) is 13.7. The van der Waals surface area contributed by atoms with Gasteiger partial charge in [0, 0.05) is 21.8 Å². The molecule has 0 unspecified atom stereocenters. The molecule has 1 aromatic heterocycles. The number of hydrogen-bond acceptors (Lipinski definition) is 10. The van der Waals surface area contributed by atoms with Gasteiger partial charge in [-0.2, -0.15) is 0 Å². The number of carbonyl (C=O) groups excluding carboxylic acids is 4. The minimum absolute atomic E-state index is 0.265. The molecule has 5 aliphatic rings. The molecule has 47 heavy (non-hydrogen) atoms.